The minimum atomic E-state index is -0.133. The molecule has 21 heavy (non-hydrogen) atoms. The first-order chi connectivity index (χ1) is 10.1. The molecular weight excluding hydrogens is 329 g/mol. The Kier molecular flexibility index (Phi) is 4.41. The normalized spacial score (nSPS) is 22.6. The molecule has 2 aromatic carbocycles. The third kappa shape index (κ3) is 3.53. The number of rotatable bonds is 4. The quantitative estimate of drug-likeness (QED) is 0.802. The molecular formula is C18H19BrFN. The van der Waals surface area contributed by atoms with E-state index >= 15 is 0 Å². The van der Waals surface area contributed by atoms with Crippen molar-refractivity contribution in [1.29, 1.82) is 0 Å². The van der Waals surface area contributed by atoms with E-state index in [0.717, 1.165) is 22.9 Å². The van der Waals surface area contributed by atoms with E-state index in [1.807, 2.05) is 12.1 Å². The average Bonchev–Trinajstić information content (AvgIpc) is 2.42. The summed E-state index contributed by atoms with van der Waals surface area (Å²) in [5.74, 6) is 0.360. The number of nitrogens with one attached hydrogen (secondary N) is 1. The molecule has 110 valence electrons. The van der Waals surface area contributed by atoms with Gasteiger partial charge in [-0.05, 0) is 61.1 Å². The van der Waals surface area contributed by atoms with Crippen LogP contribution in [0, 0.1) is 5.82 Å². The van der Waals surface area contributed by atoms with Gasteiger partial charge < -0.3 is 5.32 Å². The fourth-order valence-corrected chi connectivity index (χ4v) is 3.43. The lowest BCUT2D eigenvalue weighted by atomic mass is 9.75. The summed E-state index contributed by atoms with van der Waals surface area (Å²) in [5, 5.41) is 3.66. The lowest BCUT2D eigenvalue weighted by molar-refractivity contribution is 0.270. The van der Waals surface area contributed by atoms with E-state index < -0.39 is 0 Å². The van der Waals surface area contributed by atoms with Crippen molar-refractivity contribution in [2.45, 2.75) is 37.8 Å². The molecule has 1 N–H and O–H groups in total. The highest BCUT2D eigenvalue weighted by molar-refractivity contribution is 9.10. The topological polar surface area (TPSA) is 12.0 Å². The highest BCUT2D eigenvalue weighted by Gasteiger charge is 2.31. The SMILES string of the molecule is CC(NC1CC(c2cccc(F)c2)C1)c1cccc(Br)c1. The van der Waals surface area contributed by atoms with E-state index in [2.05, 4.69) is 46.4 Å². The molecule has 3 rings (SSSR count). The van der Waals surface area contributed by atoms with Crippen LogP contribution < -0.4 is 5.32 Å². The van der Waals surface area contributed by atoms with Gasteiger partial charge in [0.1, 0.15) is 5.82 Å². The van der Waals surface area contributed by atoms with Crippen molar-refractivity contribution in [2.75, 3.05) is 0 Å². The monoisotopic (exact) mass is 347 g/mol. The molecule has 0 aromatic heterocycles. The van der Waals surface area contributed by atoms with Gasteiger partial charge in [0.25, 0.3) is 0 Å². The summed E-state index contributed by atoms with van der Waals surface area (Å²) in [7, 11) is 0. The van der Waals surface area contributed by atoms with Gasteiger partial charge in [-0.25, -0.2) is 4.39 Å². The van der Waals surface area contributed by atoms with E-state index in [9.17, 15) is 4.39 Å². The highest BCUT2D eigenvalue weighted by Crippen LogP contribution is 2.38. The van der Waals surface area contributed by atoms with Crippen LogP contribution in [-0.2, 0) is 0 Å². The third-order valence-corrected chi connectivity index (χ3v) is 4.79. The maximum Gasteiger partial charge on any atom is 0.123 e. The molecule has 1 aliphatic rings. The van der Waals surface area contributed by atoms with E-state index in [1.54, 1.807) is 12.1 Å². The zero-order valence-electron chi connectivity index (χ0n) is 12.0. The van der Waals surface area contributed by atoms with Crippen LogP contribution in [0.5, 0.6) is 0 Å². The lowest BCUT2D eigenvalue weighted by Gasteiger charge is -2.38. The van der Waals surface area contributed by atoms with Gasteiger partial charge in [0.15, 0.2) is 0 Å². The summed E-state index contributed by atoms with van der Waals surface area (Å²) >= 11 is 3.51. The Hall–Kier alpha value is -1.19. The minimum absolute atomic E-state index is 0.133. The van der Waals surface area contributed by atoms with Gasteiger partial charge in [-0.15, -0.1) is 0 Å². The number of hydrogen-bond acceptors (Lipinski definition) is 1. The molecule has 0 radical (unpaired) electrons. The Morgan fingerprint density at radius 3 is 2.62 bits per heavy atom. The standard InChI is InChI=1S/C18H19BrFN/c1-12(13-4-2-6-16(19)8-13)21-18-10-15(11-18)14-5-3-7-17(20)9-14/h2-9,12,15,18,21H,10-11H2,1H3. The molecule has 1 aliphatic carbocycles. The first-order valence-corrected chi connectivity index (χ1v) is 8.18. The third-order valence-electron chi connectivity index (χ3n) is 4.29. The van der Waals surface area contributed by atoms with Gasteiger partial charge in [-0.2, -0.15) is 0 Å². The summed E-state index contributed by atoms with van der Waals surface area (Å²) in [6.07, 6.45) is 2.17. The fraction of sp³-hybridized carbons (Fsp3) is 0.333. The molecule has 1 saturated carbocycles. The fourth-order valence-electron chi connectivity index (χ4n) is 3.01. The first kappa shape index (κ1) is 14.7. The summed E-state index contributed by atoms with van der Waals surface area (Å²) in [6, 6.07) is 16.3. The molecule has 1 fully saturated rings. The first-order valence-electron chi connectivity index (χ1n) is 7.39. The van der Waals surface area contributed by atoms with Gasteiger partial charge in [0, 0.05) is 16.6 Å². The van der Waals surface area contributed by atoms with Crippen molar-refractivity contribution in [1.82, 2.24) is 5.32 Å². The molecule has 0 amide bonds. The van der Waals surface area contributed by atoms with Crippen LogP contribution in [0.2, 0.25) is 0 Å². The Morgan fingerprint density at radius 2 is 1.90 bits per heavy atom. The van der Waals surface area contributed by atoms with Gasteiger partial charge in [-0.3, -0.25) is 0 Å². The largest absolute Gasteiger partial charge is 0.307 e. The maximum atomic E-state index is 13.2. The van der Waals surface area contributed by atoms with E-state index in [0.29, 0.717) is 18.0 Å². The second kappa shape index (κ2) is 6.29. The van der Waals surface area contributed by atoms with E-state index in [1.165, 1.54) is 11.6 Å². The van der Waals surface area contributed by atoms with Crippen LogP contribution in [0.15, 0.2) is 53.0 Å². The minimum Gasteiger partial charge on any atom is -0.307 e. The summed E-state index contributed by atoms with van der Waals surface area (Å²) < 4.78 is 14.3. The summed E-state index contributed by atoms with van der Waals surface area (Å²) in [6.45, 7) is 2.19. The van der Waals surface area contributed by atoms with Crippen molar-refractivity contribution >= 4 is 15.9 Å². The molecule has 0 spiro atoms. The van der Waals surface area contributed by atoms with Crippen molar-refractivity contribution < 1.29 is 4.39 Å². The van der Waals surface area contributed by atoms with Crippen molar-refractivity contribution in [2.24, 2.45) is 0 Å². The van der Waals surface area contributed by atoms with Gasteiger partial charge in [0.05, 0.1) is 0 Å². The van der Waals surface area contributed by atoms with Crippen LogP contribution in [0.1, 0.15) is 42.9 Å². The number of halogens is 2. The van der Waals surface area contributed by atoms with E-state index in [4.69, 9.17) is 0 Å². The molecule has 1 unspecified atom stereocenters. The zero-order valence-corrected chi connectivity index (χ0v) is 13.6. The van der Waals surface area contributed by atoms with Crippen molar-refractivity contribution in [3.63, 3.8) is 0 Å². The van der Waals surface area contributed by atoms with Crippen LogP contribution in [-0.4, -0.2) is 6.04 Å². The second-order valence-electron chi connectivity index (χ2n) is 5.86. The predicted molar refractivity (Wildman–Crippen MR) is 87.9 cm³/mol. The van der Waals surface area contributed by atoms with Gasteiger partial charge in [-0.1, -0.05) is 40.2 Å². The highest BCUT2D eigenvalue weighted by atomic mass is 79.9. The lowest BCUT2D eigenvalue weighted by Crippen LogP contribution is -2.41. The Labute approximate surface area is 133 Å². The van der Waals surface area contributed by atoms with E-state index in [-0.39, 0.29) is 5.82 Å². The van der Waals surface area contributed by atoms with Crippen molar-refractivity contribution in [3.8, 4) is 0 Å². The smallest absolute Gasteiger partial charge is 0.123 e. The molecule has 0 saturated heterocycles. The van der Waals surface area contributed by atoms with Gasteiger partial charge >= 0.3 is 0 Å². The molecule has 0 bridgehead atoms. The zero-order chi connectivity index (χ0) is 14.8. The molecule has 0 aliphatic heterocycles. The summed E-state index contributed by atoms with van der Waals surface area (Å²) in [4.78, 5) is 0. The maximum absolute atomic E-state index is 13.2. The molecule has 3 heteroatoms. The van der Waals surface area contributed by atoms with Crippen LogP contribution in [0.25, 0.3) is 0 Å². The predicted octanol–water partition coefficient (Wildman–Crippen LogP) is 5.19. The van der Waals surface area contributed by atoms with Crippen LogP contribution in [0.4, 0.5) is 4.39 Å². The molecule has 0 heterocycles. The average molecular weight is 348 g/mol. The van der Waals surface area contributed by atoms with Gasteiger partial charge in [0.2, 0.25) is 0 Å². The molecule has 1 atom stereocenters. The van der Waals surface area contributed by atoms with Crippen LogP contribution >= 0.6 is 15.9 Å². The molecule has 1 nitrogen and oxygen atoms in total. The molecule has 2 aromatic rings. The summed E-state index contributed by atoms with van der Waals surface area (Å²) in [5.41, 5.74) is 2.42. The number of hydrogen-bond donors (Lipinski definition) is 1. The van der Waals surface area contributed by atoms with Crippen LogP contribution in [0.3, 0.4) is 0 Å². The number of benzene rings is 2. The second-order valence-corrected chi connectivity index (χ2v) is 6.78. The Bertz CT molecular complexity index is 622. The Morgan fingerprint density at radius 1 is 1.14 bits per heavy atom. The Balaban J connectivity index is 1.55. The van der Waals surface area contributed by atoms with Crippen molar-refractivity contribution in [3.05, 3.63) is 69.9 Å².